The van der Waals surface area contributed by atoms with E-state index in [1.807, 2.05) is 11.8 Å². The van der Waals surface area contributed by atoms with Crippen molar-refractivity contribution in [1.82, 2.24) is 15.1 Å². The van der Waals surface area contributed by atoms with E-state index in [0.29, 0.717) is 11.6 Å². The van der Waals surface area contributed by atoms with Gasteiger partial charge in [-0.15, -0.1) is 11.3 Å². The highest BCUT2D eigenvalue weighted by molar-refractivity contribution is 7.99. The Labute approximate surface area is 197 Å². The number of likely N-dealkylation sites (tertiary alicyclic amines) is 1. The molecule has 1 fully saturated rings. The van der Waals surface area contributed by atoms with Crippen LogP contribution in [-0.4, -0.2) is 59.6 Å². The molecule has 2 aromatic heterocycles. The van der Waals surface area contributed by atoms with Gasteiger partial charge in [-0.05, 0) is 62.2 Å². The molecule has 0 aromatic carbocycles. The number of fused-ring (bicyclic) bond motifs is 1. The van der Waals surface area contributed by atoms with Crippen molar-refractivity contribution in [3.8, 4) is 0 Å². The van der Waals surface area contributed by atoms with E-state index in [-0.39, 0.29) is 35.6 Å². The second-order valence-electron chi connectivity index (χ2n) is 8.80. The Morgan fingerprint density at radius 3 is 2.91 bits per heavy atom. The Bertz CT molecular complexity index is 995. The first-order valence-electron chi connectivity index (χ1n) is 11.0. The number of pyridine rings is 1. The molecule has 172 valence electrons. The van der Waals surface area contributed by atoms with E-state index in [9.17, 15) is 14.8 Å². The summed E-state index contributed by atoms with van der Waals surface area (Å²) < 4.78 is 0.766. The van der Waals surface area contributed by atoms with Crippen LogP contribution in [0.5, 0.6) is 0 Å². The first kappa shape index (κ1) is 23.1. The summed E-state index contributed by atoms with van der Waals surface area (Å²) in [6.07, 6.45) is 3.26. The summed E-state index contributed by atoms with van der Waals surface area (Å²) >= 11 is 2.83. The van der Waals surface area contributed by atoms with E-state index in [1.54, 1.807) is 29.5 Å². The maximum atomic E-state index is 13.4. The van der Waals surface area contributed by atoms with Crippen molar-refractivity contribution in [2.75, 3.05) is 25.9 Å². The van der Waals surface area contributed by atoms with Crippen molar-refractivity contribution >= 4 is 34.9 Å². The van der Waals surface area contributed by atoms with E-state index in [2.05, 4.69) is 30.3 Å². The number of thiophene rings is 1. The molecule has 2 aromatic rings. The molecule has 3 unspecified atom stereocenters. The van der Waals surface area contributed by atoms with E-state index in [1.165, 1.54) is 28.4 Å². The van der Waals surface area contributed by atoms with Gasteiger partial charge in [0, 0.05) is 42.7 Å². The SMILES string of the molecule is CC1CCN(C(=O)c2cc3c(s2)CN(C)CC3)C(C)C1NC(=O)CSc1cccc[n+]1[O-]. The zero-order valence-corrected chi connectivity index (χ0v) is 20.4. The maximum absolute atomic E-state index is 13.4. The van der Waals surface area contributed by atoms with Crippen molar-refractivity contribution in [3.63, 3.8) is 0 Å². The lowest BCUT2D eigenvalue weighted by Crippen LogP contribution is -2.59. The third-order valence-corrected chi connectivity index (χ3v) is 8.63. The zero-order chi connectivity index (χ0) is 22.8. The Morgan fingerprint density at radius 1 is 1.31 bits per heavy atom. The highest BCUT2D eigenvalue weighted by atomic mass is 32.2. The van der Waals surface area contributed by atoms with Crippen molar-refractivity contribution in [1.29, 1.82) is 0 Å². The van der Waals surface area contributed by atoms with Crippen LogP contribution in [0.3, 0.4) is 0 Å². The van der Waals surface area contributed by atoms with E-state index < -0.39 is 0 Å². The summed E-state index contributed by atoms with van der Waals surface area (Å²) in [6, 6.07) is 7.01. The van der Waals surface area contributed by atoms with Gasteiger partial charge in [-0.25, -0.2) is 0 Å². The van der Waals surface area contributed by atoms with Gasteiger partial charge >= 0.3 is 0 Å². The molecule has 0 aliphatic carbocycles. The lowest BCUT2D eigenvalue weighted by molar-refractivity contribution is -0.645. The van der Waals surface area contributed by atoms with Crippen molar-refractivity contribution in [3.05, 3.63) is 51.0 Å². The molecule has 0 saturated carbocycles. The highest BCUT2D eigenvalue weighted by Gasteiger charge is 2.37. The minimum atomic E-state index is -0.119. The average Bonchev–Trinajstić information content (AvgIpc) is 3.19. The third kappa shape index (κ3) is 4.94. The first-order chi connectivity index (χ1) is 15.3. The van der Waals surface area contributed by atoms with Gasteiger partial charge in [-0.3, -0.25) is 9.59 Å². The number of likely N-dealkylation sites (N-methyl/N-ethyl adjacent to an activating group) is 1. The van der Waals surface area contributed by atoms with E-state index in [4.69, 9.17) is 0 Å². The molecule has 3 atom stereocenters. The molecule has 2 amide bonds. The monoisotopic (exact) mass is 474 g/mol. The lowest BCUT2D eigenvalue weighted by atomic mass is 9.87. The molecule has 0 radical (unpaired) electrons. The number of hydrogen-bond donors (Lipinski definition) is 1. The smallest absolute Gasteiger partial charge is 0.264 e. The number of carbonyl (C=O) groups is 2. The van der Waals surface area contributed by atoms with Gasteiger partial charge in [-0.2, -0.15) is 4.73 Å². The van der Waals surface area contributed by atoms with Gasteiger partial charge in [-0.1, -0.05) is 6.92 Å². The van der Waals surface area contributed by atoms with Gasteiger partial charge in [0.15, 0.2) is 6.20 Å². The van der Waals surface area contributed by atoms with Gasteiger partial charge in [0.2, 0.25) is 5.91 Å². The van der Waals surface area contributed by atoms with Crippen molar-refractivity contribution in [2.45, 2.75) is 50.3 Å². The fraction of sp³-hybridized carbons (Fsp3) is 0.522. The molecule has 2 aliphatic rings. The number of aromatic nitrogens is 1. The fourth-order valence-corrected chi connectivity index (χ4v) is 6.50. The van der Waals surface area contributed by atoms with E-state index in [0.717, 1.165) is 35.5 Å². The fourth-order valence-electron chi connectivity index (χ4n) is 4.53. The predicted molar refractivity (Wildman–Crippen MR) is 127 cm³/mol. The van der Waals surface area contributed by atoms with Crippen LogP contribution in [0.25, 0.3) is 0 Å². The Kier molecular flexibility index (Phi) is 7.07. The number of piperidine rings is 1. The molecule has 0 spiro atoms. The molecule has 32 heavy (non-hydrogen) atoms. The predicted octanol–water partition coefficient (Wildman–Crippen LogP) is 2.52. The number of thioether (sulfide) groups is 1. The number of carbonyl (C=O) groups excluding carboxylic acids is 2. The normalized spacial score (nSPS) is 23.6. The summed E-state index contributed by atoms with van der Waals surface area (Å²) in [6.45, 7) is 6.77. The number of hydrogen-bond acceptors (Lipinski definition) is 6. The Morgan fingerprint density at radius 2 is 2.12 bits per heavy atom. The van der Waals surface area contributed by atoms with Gasteiger partial charge in [0.05, 0.1) is 16.7 Å². The van der Waals surface area contributed by atoms with Crippen LogP contribution in [0.2, 0.25) is 0 Å². The summed E-state index contributed by atoms with van der Waals surface area (Å²) in [5.41, 5.74) is 1.30. The molecule has 0 bridgehead atoms. The summed E-state index contributed by atoms with van der Waals surface area (Å²) in [7, 11) is 2.11. The molecule has 4 heterocycles. The van der Waals surface area contributed by atoms with Gasteiger partial charge in [0.25, 0.3) is 10.9 Å². The topological polar surface area (TPSA) is 79.6 Å². The molecule has 4 rings (SSSR count). The van der Waals surface area contributed by atoms with Crippen LogP contribution >= 0.6 is 23.1 Å². The third-order valence-electron chi connectivity index (χ3n) is 6.46. The summed E-state index contributed by atoms with van der Waals surface area (Å²) in [4.78, 5) is 32.3. The quantitative estimate of drug-likeness (QED) is 0.409. The molecular formula is C23H30N4O3S2. The minimum Gasteiger partial charge on any atom is -0.618 e. The molecule has 9 heteroatoms. The van der Waals surface area contributed by atoms with Crippen molar-refractivity contribution in [2.24, 2.45) is 5.92 Å². The van der Waals surface area contributed by atoms with Crippen LogP contribution in [-0.2, 0) is 17.8 Å². The lowest BCUT2D eigenvalue weighted by Gasteiger charge is -2.43. The van der Waals surface area contributed by atoms with Crippen LogP contribution in [0.1, 0.15) is 40.4 Å². The largest absolute Gasteiger partial charge is 0.618 e. The molecule has 2 aliphatic heterocycles. The van der Waals surface area contributed by atoms with Crippen LogP contribution in [0.4, 0.5) is 0 Å². The number of nitrogens with zero attached hydrogens (tertiary/aromatic N) is 3. The van der Waals surface area contributed by atoms with Crippen molar-refractivity contribution < 1.29 is 14.3 Å². The highest BCUT2D eigenvalue weighted by Crippen LogP contribution is 2.31. The molecular weight excluding hydrogens is 444 g/mol. The number of amides is 2. The summed E-state index contributed by atoms with van der Waals surface area (Å²) in [5, 5.41) is 15.4. The van der Waals surface area contributed by atoms with Crippen LogP contribution < -0.4 is 10.0 Å². The minimum absolute atomic E-state index is 0.0664. The second-order valence-corrected chi connectivity index (χ2v) is 10.9. The Hall–Kier alpha value is -2.10. The molecule has 7 nitrogen and oxygen atoms in total. The van der Waals surface area contributed by atoms with Gasteiger partial charge in [0.1, 0.15) is 0 Å². The standard InChI is InChI=1S/C23H30N4O3S2/c1-15-7-11-26(23(29)18-12-17-8-10-25(3)13-19(17)32-18)16(2)22(15)24-20(28)14-31-21-6-4-5-9-27(21)30/h4-6,9,12,15-16,22H,7-8,10-11,13-14H2,1-3H3,(H,24,28). The zero-order valence-electron chi connectivity index (χ0n) is 18.7. The molecule has 1 N–H and O–H groups in total. The van der Waals surface area contributed by atoms with Crippen LogP contribution in [0.15, 0.2) is 35.5 Å². The summed E-state index contributed by atoms with van der Waals surface area (Å²) in [5.74, 6) is 0.388. The first-order valence-corrected chi connectivity index (χ1v) is 12.8. The maximum Gasteiger partial charge on any atom is 0.264 e. The average molecular weight is 475 g/mol. The molecule has 1 saturated heterocycles. The van der Waals surface area contributed by atoms with E-state index >= 15 is 0 Å². The number of nitrogens with one attached hydrogen (secondary N) is 1. The Balaban J connectivity index is 1.40. The second kappa shape index (κ2) is 9.80. The van der Waals surface area contributed by atoms with Crippen LogP contribution in [0, 0.1) is 11.1 Å². The number of rotatable bonds is 5. The van der Waals surface area contributed by atoms with Gasteiger partial charge < -0.3 is 20.3 Å².